The van der Waals surface area contributed by atoms with Crippen LogP contribution in [-0.2, 0) is 27.5 Å². The number of ketones is 1. The number of rotatable bonds is 5. The number of likely N-dealkylation sites (tertiary alicyclic amines) is 1. The number of piperidine rings is 1. The fourth-order valence-electron chi connectivity index (χ4n) is 3.27. The normalized spacial score (nSPS) is 17.2. The van der Waals surface area contributed by atoms with E-state index in [9.17, 15) is 9.59 Å². The molecule has 1 amide bonds. The van der Waals surface area contributed by atoms with Crippen LogP contribution in [0, 0.1) is 0 Å². The Morgan fingerprint density at radius 2 is 1.81 bits per heavy atom. The first kappa shape index (κ1) is 18.1. The molecule has 1 atom stereocenters. The van der Waals surface area contributed by atoms with E-state index in [1.807, 2.05) is 54.6 Å². The summed E-state index contributed by atoms with van der Waals surface area (Å²) in [6.07, 6.45) is 0.281. The Kier molecular flexibility index (Phi) is 6.02. The third kappa shape index (κ3) is 4.29. The van der Waals surface area contributed by atoms with Gasteiger partial charge in [0.1, 0.15) is 12.4 Å². The van der Waals surface area contributed by atoms with Gasteiger partial charge in [0.25, 0.3) is 0 Å². The van der Waals surface area contributed by atoms with Gasteiger partial charge in [0, 0.05) is 26.5 Å². The van der Waals surface area contributed by atoms with E-state index in [4.69, 9.17) is 9.47 Å². The molecular weight excluding hydrogens is 330 g/mol. The van der Waals surface area contributed by atoms with Gasteiger partial charge in [-0.1, -0.05) is 54.6 Å². The van der Waals surface area contributed by atoms with Crippen molar-refractivity contribution in [2.45, 2.75) is 32.1 Å². The predicted molar refractivity (Wildman–Crippen MR) is 97.5 cm³/mol. The van der Waals surface area contributed by atoms with Crippen LogP contribution >= 0.6 is 0 Å². The van der Waals surface area contributed by atoms with Crippen molar-refractivity contribution in [1.29, 1.82) is 0 Å². The summed E-state index contributed by atoms with van der Waals surface area (Å²) in [5, 5.41) is 0. The number of methoxy groups -OCH3 is 1. The molecular formula is C21H23NO4. The minimum Gasteiger partial charge on any atom is -0.445 e. The van der Waals surface area contributed by atoms with Gasteiger partial charge in [0.15, 0.2) is 0 Å². The zero-order valence-corrected chi connectivity index (χ0v) is 14.9. The van der Waals surface area contributed by atoms with E-state index in [0.717, 1.165) is 16.7 Å². The van der Waals surface area contributed by atoms with Gasteiger partial charge in [-0.2, -0.15) is 0 Å². The van der Waals surface area contributed by atoms with Crippen LogP contribution < -0.4 is 0 Å². The van der Waals surface area contributed by atoms with E-state index >= 15 is 0 Å². The highest BCUT2D eigenvalue weighted by atomic mass is 16.6. The molecule has 0 N–H and O–H groups in total. The molecule has 0 bridgehead atoms. The van der Waals surface area contributed by atoms with E-state index in [1.54, 1.807) is 12.0 Å². The van der Waals surface area contributed by atoms with E-state index in [-0.39, 0.29) is 18.4 Å². The Bertz CT molecular complexity index is 760. The summed E-state index contributed by atoms with van der Waals surface area (Å²) >= 11 is 0. The molecule has 5 heteroatoms. The molecule has 26 heavy (non-hydrogen) atoms. The van der Waals surface area contributed by atoms with Crippen molar-refractivity contribution in [2.24, 2.45) is 0 Å². The first-order chi connectivity index (χ1) is 12.7. The summed E-state index contributed by atoms with van der Waals surface area (Å²) in [6, 6.07) is 17.0. The van der Waals surface area contributed by atoms with Gasteiger partial charge in [0.2, 0.25) is 0 Å². The molecule has 1 fully saturated rings. The van der Waals surface area contributed by atoms with Crippen LogP contribution in [0.3, 0.4) is 0 Å². The smallest absolute Gasteiger partial charge is 0.410 e. The van der Waals surface area contributed by atoms with Crippen LogP contribution in [0.5, 0.6) is 0 Å². The third-order valence-corrected chi connectivity index (χ3v) is 4.58. The van der Waals surface area contributed by atoms with E-state index in [2.05, 4.69) is 0 Å². The van der Waals surface area contributed by atoms with Crippen LogP contribution in [0.15, 0.2) is 54.6 Å². The van der Waals surface area contributed by atoms with Gasteiger partial charge in [-0.3, -0.25) is 4.79 Å². The molecule has 136 valence electrons. The maximum Gasteiger partial charge on any atom is 0.410 e. The number of hydrogen-bond donors (Lipinski definition) is 0. The molecule has 2 aromatic rings. The average Bonchev–Trinajstić information content (AvgIpc) is 2.67. The van der Waals surface area contributed by atoms with Crippen molar-refractivity contribution in [3.8, 4) is 0 Å². The second-order valence-electron chi connectivity index (χ2n) is 6.37. The number of ether oxygens (including phenoxy) is 2. The van der Waals surface area contributed by atoms with Crippen LogP contribution in [0.4, 0.5) is 4.79 Å². The van der Waals surface area contributed by atoms with Gasteiger partial charge < -0.3 is 14.4 Å². The minimum atomic E-state index is -0.390. The summed E-state index contributed by atoms with van der Waals surface area (Å²) in [7, 11) is 1.63. The lowest BCUT2D eigenvalue weighted by Gasteiger charge is -2.35. The highest BCUT2D eigenvalue weighted by molar-refractivity contribution is 5.82. The SMILES string of the molecule is COCc1ccccc1C1CC(=O)CCN1C(=O)OCc1ccccc1. The van der Waals surface area contributed by atoms with Gasteiger partial charge in [-0.05, 0) is 16.7 Å². The Balaban J connectivity index is 1.78. The topological polar surface area (TPSA) is 55.8 Å². The second kappa shape index (κ2) is 8.63. The zero-order valence-electron chi connectivity index (χ0n) is 14.9. The lowest BCUT2D eigenvalue weighted by molar-refractivity contribution is -0.122. The van der Waals surface area contributed by atoms with Crippen LogP contribution in [0.1, 0.15) is 35.6 Å². The van der Waals surface area contributed by atoms with Crippen LogP contribution in [0.25, 0.3) is 0 Å². The van der Waals surface area contributed by atoms with Crippen molar-refractivity contribution < 1.29 is 19.1 Å². The van der Waals surface area contributed by atoms with Crippen molar-refractivity contribution in [3.05, 3.63) is 71.3 Å². The lowest BCUT2D eigenvalue weighted by Crippen LogP contribution is -2.41. The number of amides is 1. The summed E-state index contributed by atoms with van der Waals surface area (Å²) in [4.78, 5) is 26.4. The van der Waals surface area contributed by atoms with E-state index in [0.29, 0.717) is 26.0 Å². The average molecular weight is 353 g/mol. The Morgan fingerprint density at radius 1 is 1.08 bits per heavy atom. The summed E-state index contributed by atoms with van der Waals surface area (Å²) < 4.78 is 10.8. The molecule has 0 aliphatic carbocycles. The first-order valence-electron chi connectivity index (χ1n) is 8.75. The predicted octanol–water partition coefficient (Wildman–Crippen LogP) is 3.88. The molecule has 0 radical (unpaired) electrons. The van der Waals surface area contributed by atoms with E-state index in [1.165, 1.54) is 0 Å². The Labute approximate surface area is 153 Å². The quantitative estimate of drug-likeness (QED) is 0.819. The highest BCUT2D eigenvalue weighted by Gasteiger charge is 2.33. The molecule has 1 unspecified atom stereocenters. The third-order valence-electron chi connectivity index (χ3n) is 4.58. The van der Waals surface area contributed by atoms with Crippen LogP contribution in [0.2, 0.25) is 0 Å². The number of hydrogen-bond acceptors (Lipinski definition) is 4. The van der Waals surface area contributed by atoms with Crippen molar-refractivity contribution >= 4 is 11.9 Å². The van der Waals surface area contributed by atoms with Gasteiger partial charge in [-0.15, -0.1) is 0 Å². The minimum absolute atomic E-state index is 0.161. The van der Waals surface area contributed by atoms with Gasteiger partial charge >= 0.3 is 6.09 Å². The van der Waals surface area contributed by atoms with Gasteiger partial charge in [0.05, 0.1) is 12.6 Å². The fraction of sp³-hybridized carbons (Fsp3) is 0.333. The summed E-state index contributed by atoms with van der Waals surface area (Å²) in [5.74, 6) is 0.161. The molecule has 0 aromatic heterocycles. The standard InChI is InChI=1S/C21H23NO4/c1-25-15-17-9-5-6-10-19(17)20-13-18(23)11-12-22(20)21(24)26-14-16-7-3-2-4-8-16/h2-10,20H,11-15H2,1H3. The molecule has 3 rings (SSSR count). The highest BCUT2D eigenvalue weighted by Crippen LogP contribution is 2.32. The largest absolute Gasteiger partial charge is 0.445 e. The number of nitrogens with zero attached hydrogens (tertiary/aromatic N) is 1. The zero-order chi connectivity index (χ0) is 18.4. The molecule has 1 heterocycles. The number of carbonyl (C=O) groups is 2. The second-order valence-corrected chi connectivity index (χ2v) is 6.37. The monoisotopic (exact) mass is 353 g/mol. The molecule has 1 aliphatic heterocycles. The number of carbonyl (C=O) groups excluding carboxylic acids is 2. The summed E-state index contributed by atoms with van der Waals surface area (Å²) in [5.41, 5.74) is 2.86. The van der Waals surface area contributed by atoms with Crippen molar-refractivity contribution in [1.82, 2.24) is 4.90 Å². The van der Waals surface area contributed by atoms with Crippen molar-refractivity contribution in [3.63, 3.8) is 0 Å². The summed E-state index contributed by atoms with van der Waals surface area (Å²) in [6.45, 7) is 1.03. The molecule has 2 aromatic carbocycles. The molecule has 1 saturated heterocycles. The first-order valence-corrected chi connectivity index (χ1v) is 8.75. The number of benzene rings is 2. The number of Topliss-reactive ketones (excluding diaryl/α,β-unsaturated/α-hetero) is 1. The fourth-order valence-corrected chi connectivity index (χ4v) is 3.27. The van der Waals surface area contributed by atoms with E-state index < -0.39 is 6.09 Å². The molecule has 0 saturated carbocycles. The molecule has 5 nitrogen and oxygen atoms in total. The Hall–Kier alpha value is -2.66. The van der Waals surface area contributed by atoms with Crippen LogP contribution in [-0.4, -0.2) is 30.4 Å². The maximum atomic E-state index is 12.7. The molecule has 1 aliphatic rings. The van der Waals surface area contributed by atoms with Crippen molar-refractivity contribution in [2.75, 3.05) is 13.7 Å². The lowest BCUT2D eigenvalue weighted by atomic mass is 9.91. The molecule has 0 spiro atoms. The van der Waals surface area contributed by atoms with Gasteiger partial charge in [-0.25, -0.2) is 4.79 Å². The maximum absolute atomic E-state index is 12.7. The Morgan fingerprint density at radius 3 is 2.58 bits per heavy atom.